The van der Waals surface area contributed by atoms with Crippen molar-refractivity contribution in [3.8, 4) is 0 Å². The summed E-state index contributed by atoms with van der Waals surface area (Å²) in [6, 6.07) is 3.75. The van der Waals surface area contributed by atoms with Crippen LogP contribution in [0.15, 0.2) is 18.2 Å². The largest absolute Gasteiger partial charge is 0.450 e. The summed E-state index contributed by atoms with van der Waals surface area (Å²) in [6.45, 7) is 5.02. The van der Waals surface area contributed by atoms with Gasteiger partial charge in [-0.2, -0.15) is 0 Å². The summed E-state index contributed by atoms with van der Waals surface area (Å²) in [5.74, 6) is -0.490. The zero-order valence-electron chi connectivity index (χ0n) is 14.4. The fourth-order valence-corrected chi connectivity index (χ4v) is 2.90. The minimum Gasteiger partial charge on any atom is -0.450 e. The smallest absolute Gasteiger partial charge is 0.409 e. The van der Waals surface area contributed by atoms with Gasteiger partial charge in [-0.25, -0.2) is 14.0 Å². The molecule has 6 nitrogen and oxygen atoms in total. The third-order valence-corrected chi connectivity index (χ3v) is 4.44. The summed E-state index contributed by atoms with van der Waals surface area (Å²) in [6.07, 6.45) is 1.03. The van der Waals surface area contributed by atoms with E-state index in [4.69, 9.17) is 16.3 Å². The number of halogens is 2. The molecule has 25 heavy (non-hydrogen) atoms. The van der Waals surface area contributed by atoms with Crippen molar-refractivity contribution in [1.29, 1.82) is 0 Å². The highest BCUT2D eigenvalue weighted by atomic mass is 35.5. The van der Waals surface area contributed by atoms with Gasteiger partial charge in [-0.3, -0.25) is 0 Å². The van der Waals surface area contributed by atoms with E-state index in [-0.39, 0.29) is 29.2 Å². The number of urea groups is 1. The molecule has 0 bridgehead atoms. The predicted molar refractivity (Wildman–Crippen MR) is 93.1 cm³/mol. The minimum absolute atomic E-state index is 0.00492. The molecule has 1 heterocycles. The van der Waals surface area contributed by atoms with Crippen molar-refractivity contribution in [2.24, 2.45) is 0 Å². The lowest BCUT2D eigenvalue weighted by molar-refractivity contribution is 0.0957. The van der Waals surface area contributed by atoms with E-state index >= 15 is 0 Å². The third-order valence-electron chi connectivity index (χ3n) is 4.15. The first-order chi connectivity index (χ1) is 11.9. The van der Waals surface area contributed by atoms with Crippen LogP contribution in [0.3, 0.4) is 0 Å². The Hall–Kier alpha value is -2.02. The van der Waals surface area contributed by atoms with Crippen molar-refractivity contribution in [1.82, 2.24) is 15.5 Å². The quantitative estimate of drug-likeness (QED) is 0.851. The van der Waals surface area contributed by atoms with Crippen molar-refractivity contribution in [3.05, 3.63) is 34.6 Å². The molecular weight excluding hydrogens is 349 g/mol. The Morgan fingerprint density at radius 1 is 1.40 bits per heavy atom. The van der Waals surface area contributed by atoms with E-state index in [1.165, 1.54) is 12.1 Å². The molecule has 1 aromatic rings. The summed E-state index contributed by atoms with van der Waals surface area (Å²) >= 11 is 5.77. The number of piperidine rings is 1. The number of amides is 3. The van der Waals surface area contributed by atoms with E-state index in [1.54, 1.807) is 24.8 Å². The Morgan fingerprint density at radius 3 is 2.68 bits per heavy atom. The monoisotopic (exact) mass is 371 g/mol. The first-order valence-corrected chi connectivity index (χ1v) is 8.72. The van der Waals surface area contributed by atoms with Crippen LogP contribution >= 0.6 is 11.6 Å². The Balaban J connectivity index is 1.79. The Morgan fingerprint density at radius 2 is 2.08 bits per heavy atom. The molecule has 1 fully saturated rings. The molecule has 0 radical (unpaired) electrons. The zero-order chi connectivity index (χ0) is 18.4. The van der Waals surface area contributed by atoms with Crippen molar-refractivity contribution < 1.29 is 18.7 Å². The van der Waals surface area contributed by atoms with E-state index in [1.807, 2.05) is 0 Å². The van der Waals surface area contributed by atoms with Crippen LogP contribution in [0.4, 0.5) is 14.0 Å². The number of hydrogen-bond acceptors (Lipinski definition) is 3. The van der Waals surface area contributed by atoms with E-state index in [0.29, 0.717) is 32.5 Å². The second kappa shape index (κ2) is 8.89. The Bertz CT molecular complexity index is 621. The molecule has 0 spiro atoms. The molecule has 0 aromatic heterocycles. The van der Waals surface area contributed by atoms with Gasteiger partial charge < -0.3 is 20.3 Å². The van der Waals surface area contributed by atoms with Crippen LogP contribution in [0.5, 0.6) is 0 Å². The lowest BCUT2D eigenvalue weighted by Crippen LogP contribution is -2.49. The maximum atomic E-state index is 13.2. The van der Waals surface area contributed by atoms with E-state index in [2.05, 4.69) is 10.6 Å². The summed E-state index contributed by atoms with van der Waals surface area (Å²) < 4.78 is 18.2. The van der Waals surface area contributed by atoms with Gasteiger partial charge in [0.1, 0.15) is 5.82 Å². The van der Waals surface area contributed by atoms with Gasteiger partial charge in [-0.15, -0.1) is 0 Å². The lowest BCUT2D eigenvalue weighted by atomic mass is 10.1. The van der Waals surface area contributed by atoms with Crippen LogP contribution in [0.2, 0.25) is 5.02 Å². The number of carbonyl (C=O) groups excluding carboxylic acids is 2. The number of hydrogen-bond donors (Lipinski definition) is 2. The number of likely N-dealkylation sites (tertiary alicyclic amines) is 1. The normalized spacial score (nSPS) is 16.2. The molecule has 1 saturated heterocycles. The fraction of sp³-hybridized carbons (Fsp3) is 0.529. The standard InChI is InChI=1S/C17H23ClFN3O3/c1-3-25-17(24)22-8-6-13(7-9-22)21-16(23)20-11(2)12-4-5-15(19)14(18)10-12/h4-5,10-11,13H,3,6-9H2,1-2H3,(H2,20,21,23). The van der Waals surface area contributed by atoms with Crippen LogP contribution in [0.1, 0.15) is 38.3 Å². The van der Waals surface area contributed by atoms with Crippen LogP contribution < -0.4 is 10.6 Å². The van der Waals surface area contributed by atoms with Crippen LogP contribution in [0.25, 0.3) is 0 Å². The van der Waals surface area contributed by atoms with E-state index < -0.39 is 5.82 Å². The molecule has 1 aromatic carbocycles. The van der Waals surface area contributed by atoms with Crippen LogP contribution in [-0.2, 0) is 4.74 Å². The highest BCUT2D eigenvalue weighted by Gasteiger charge is 2.24. The van der Waals surface area contributed by atoms with Crippen LogP contribution in [0, 0.1) is 5.82 Å². The summed E-state index contributed by atoms with van der Waals surface area (Å²) in [5.41, 5.74) is 0.721. The molecule has 0 aliphatic carbocycles. The molecule has 1 aliphatic rings. The molecule has 0 saturated carbocycles. The number of benzene rings is 1. The number of nitrogens with zero attached hydrogens (tertiary/aromatic N) is 1. The first-order valence-electron chi connectivity index (χ1n) is 8.34. The SMILES string of the molecule is CCOC(=O)N1CCC(NC(=O)NC(C)c2ccc(F)c(Cl)c2)CC1. The molecule has 2 rings (SSSR count). The van der Waals surface area contributed by atoms with Gasteiger partial charge in [0.2, 0.25) is 0 Å². The molecule has 8 heteroatoms. The third kappa shape index (κ3) is 5.49. The summed E-state index contributed by atoms with van der Waals surface area (Å²) in [5, 5.41) is 5.73. The summed E-state index contributed by atoms with van der Waals surface area (Å²) in [7, 11) is 0. The highest BCUT2D eigenvalue weighted by molar-refractivity contribution is 6.30. The predicted octanol–water partition coefficient (Wildman–Crippen LogP) is 3.46. The maximum Gasteiger partial charge on any atom is 0.409 e. The van der Waals surface area contributed by atoms with Gasteiger partial charge >= 0.3 is 12.1 Å². The average Bonchev–Trinajstić information content (AvgIpc) is 2.58. The molecule has 2 N–H and O–H groups in total. The highest BCUT2D eigenvalue weighted by Crippen LogP contribution is 2.20. The van der Waals surface area contributed by atoms with Crippen molar-refractivity contribution in [2.45, 2.75) is 38.8 Å². The second-order valence-electron chi connectivity index (χ2n) is 5.97. The van der Waals surface area contributed by atoms with Gasteiger partial charge in [-0.05, 0) is 44.4 Å². The number of rotatable bonds is 4. The lowest BCUT2D eigenvalue weighted by Gasteiger charge is -2.31. The minimum atomic E-state index is -0.490. The number of carbonyl (C=O) groups is 2. The molecular formula is C17H23ClFN3O3. The second-order valence-corrected chi connectivity index (χ2v) is 6.38. The first kappa shape index (κ1) is 19.3. The van der Waals surface area contributed by atoms with Gasteiger partial charge in [0.05, 0.1) is 17.7 Å². The van der Waals surface area contributed by atoms with Crippen LogP contribution in [-0.4, -0.2) is 42.8 Å². The van der Waals surface area contributed by atoms with Gasteiger partial charge in [0, 0.05) is 19.1 Å². The molecule has 1 atom stereocenters. The maximum absolute atomic E-state index is 13.2. The Kier molecular flexibility index (Phi) is 6.87. The van der Waals surface area contributed by atoms with Gasteiger partial charge in [0.25, 0.3) is 0 Å². The van der Waals surface area contributed by atoms with E-state index in [9.17, 15) is 14.0 Å². The van der Waals surface area contributed by atoms with Crippen molar-refractivity contribution in [3.63, 3.8) is 0 Å². The molecule has 138 valence electrons. The number of ether oxygens (including phenoxy) is 1. The molecule has 3 amide bonds. The topological polar surface area (TPSA) is 70.7 Å². The fourth-order valence-electron chi connectivity index (χ4n) is 2.71. The summed E-state index contributed by atoms with van der Waals surface area (Å²) in [4.78, 5) is 25.4. The Labute approximate surface area is 151 Å². The van der Waals surface area contributed by atoms with Gasteiger partial charge in [-0.1, -0.05) is 17.7 Å². The average molecular weight is 372 g/mol. The van der Waals surface area contributed by atoms with Crippen molar-refractivity contribution in [2.75, 3.05) is 19.7 Å². The number of nitrogens with one attached hydrogen (secondary N) is 2. The van der Waals surface area contributed by atoms with Crippen molar-refractivity contribution >= 4 is 23.7 Å². The van der Waals surface area contributed by atoms with Gasteiger partial charge in [0.15, 0.2) is 0 Å². The van der Waals surface area contributed by atoms with E-state index in [0.717, 1.165) is 5.56 Å². The molecule has 1 aliphatic heterocycles. The molecule has 1 unspecified atom stereocenters. The zero-order valence-corrected chi connectivity index (χ0v) is 15.1.